The molecule has 0 aliphatic rings. The number of hydrogen-bond donors (Lipinski definition) is 1. The topological polar surface area (TPSA) is 106 Å². The van der Waals surface area contributed by atoms with Gasteiger partial charge in [-0.25, -0.2) is 9.07 Å². The number of aromatic amines is 1. The molecule has 194 valence electrons. The lowest BCUT2D eigenvalue weighted by Gasteiger charge is -2.30. The van der Waals surface area contributed by atoms with Gasteiger partial charge in [0.25, 0.3) is 5.56 Å². The van der Waals surface area contributed by atoms with Crippen molar-refractivity contribution in [3.05, 3.63) is 86.7 Å². The number of fused-ring (bicyclic) bond motifs is 1. The van der Waals surface area contributed by atoms with Crippen LogP contribution in [0.5, 0.6) is 0 Å². The van der Waals surface area contributed by atoms with E-state index in [1.807, 2.05) is 39.0 Å². The molecule has 1 N–H and O–H groups in total. The molecular weight excluding hydrogens is 475 g/mol. The minimum Gasteiger partial charge on any atom is -0.465 e. The number of nitrogens with one attached hydrogen (secondary N) is 1. The van der Waals surface area contributed by atoms with Crippen LogP contribution < -0.4 is 5.56 Å². The number of ether oxygens (including phenoxy) is 1. The Labute approximate surface area is 214 Å². The second kappa shape index (κ2) is 11.4. The summed E-state index contributed by atoms with van der Waals surface area (Å²) in [5, 5.41) is 13.0. The quantitative estimate of drug-likeness (QED) is 0.324. The van der Waals surface area contributed by atoms with Crippen LogP contribution in [0, 0.1) is 19.7 Å². The van der Waals surface area contributed by atoms with E-state index in [1.165, 1.54) is 16.8 Å². The SMILES string of the molecule is CCOC(=O)Cn1nnnc1[C@@H](CC)N(Cc1ccc(F)cc1)Cc1cc2cc(C)cc(C)c2[nH]c1=O. The summed E-state index contributed by atoms with van der Waals surface area (Å²) < 4.78 is 20.1. The Morgan fingerprint density at radius 3 is 2.59 bits per heavy atom. The molecule has 0 saturated carbocycles. The van der Waals surface area contributed by atoms with Gasteiger partial charge in [0.1, 0.15) is 12.4 Å². The number of halogens is 1. The smallest absolute Gasteiger partial charge is 0.327 e. The average Bonchev–Trinajstić information content (AvgIpc) is 3.29. The number of rotatable bonds is 10. The number of hydrogen-bond acceptors (Lipinski definition) is 7. The number of benzene rings is 2. The van der Waals surface area contributed by atoms with Gasteiger partial charge in [0.05, 0.1) is 18.2 Å². The molecule has 0 aliphatic carbocycles. The van der Waals surface area contributed by atoms with E-state index < -0.39 is 5.97 Å². The molecule has 2 aromatic carbocycles. The van der Waals surface area contributed by atoms with Crippen LogP contribution in [-0.2, 0) is 29.2 Å². The van der Waals surface area contributed by atoms with Gasteiger partial charge in [0.2, 0.25) is 0 Å². The van der Waals surface area contributed by atoms with Gasteiger partial charge in [-0.15, -0.1) is 5.10 Å². The Hall–Kier alpha value is -3.92. The molecule has 0 spiro atoms. The molecule has 4 rings (SSSR count). The summed E-state index contributed by atoms with van der Waals surface area (Å²) in [6.45, 7) is 8.57. The van der Waals surface area contributed by atoms with Crippen LogP contribution in [0.15, 0.2) is 47.3 Å². The van der Waals surface area contributed by atoms with E-state index in [0.29, 0.717) is 30.9 Å². The standard InChI is InChI=1S/C27H31FN6O3/c1-5-23(26-30-31-32-34(26)16-24(35)37-6-2)33(14-19-7-9-22(28)10-8-19)15-21-13-20-12-17(3)11-18(4)25(20)29-27(21)36/h7-13,23H,5-6,14-16H2,1-4H3,(H,29,36)/t23-/m1/s1. The summed E-state index contributed by atoms with van der Waals surface area (Å²) >= 11 is 0. The Morgan fingerprint density at radius 1 is 1.14 bits per heavy atom. The number of tetrazole rings is 1. The van der Waals surface area contributed by atoms with Gasteiger partial charge in [-0.2, -0.15) is 0 Å². The molecule has 37 heavy (non-hydrogen) atoms. The number of carbonyl (C=O) groups is 1. The first kappa shape index (κ1) is 26.2. The summed E-state index contributed by atoms with van der Waals surface area (Å²) in [7, 11) is 0. The highest BCUT2D eigenvalue weighted by Gasteiger charge is 2.27. The Morgan fingerprint density at radius 2 is 1.89 bits per heavy atom. The van der Waals surface area contributed by atoms with Gasteiger partial charge in [0.15, 0.2) is 5.82 Å². The van der Waals surface area contributed by atoms with Gasteiger partial charge in [0, 0.05) is 18.7 Å². The molecule has 2 aromatic heterocycles. The molecule has 0 unspecified atom stereocenters. The molecule has 0 bridgehead atoms. The first-order valence-corrected chi connectivity index (χ1v) is 12.3. The fraction of sp³-hybridized carbons (Fsp3) is 0.370. The zero-order valence-electron chi connectivity index (χ0n) is 21.5. The zero-order valence-corrected chi connectivity index (χ0v) is 21.5. The highest BCUT2D eigenvalue weighted by atomic mass is 19.1. The number of aromatic nitrogens is 5. The molecule has 0 saturated heterocycles. The van der Waals surface area contributed by atoms with Crippen LogP contribution in [0.3, 0.4) is 0 Å². The third kappa shape index (κ3) is 6.08. The molecule has 0 amide bonds. The fourth-order valence-electron chi connectivity index (χ4n) is 4.66. The van der Waals surface area contributed by atoms with E-state index in [1.54, 1.807) is 19.1 Å². The van der Waals surface area contributed by atoms with Crippen molar-refractivity contribution in [3.63, 3.8) is 0 Å². The van der Waals surface area contributed by atoms with E-state index >= 15 is 0 Å². The maximum absolute atomic E-state index is 13.6. The van der Waals surface area contributed by atoms with Crippen molar-refractivity contribution < 1.29 is 13.9 Å². The summed E-state index contributed by atoms with van der Waals surface area (Å²) in [6.07, 6.45) is 0.605. The number of nitrogens with zero attached hydrogens (tertiary/aromatic N) is 5. The molecule has 10 heteroatoms. The first-order valence-electron chi connectivity index (χ1n) is 12.3. The Balaban J connectivity index is 1.74. The van der Waals surface area contributed by atoms with Crippen molar-refractivity contribution in [1.82, 2.24) is 30.1 Å². The molecule has 0 radical (unpaired) electrons. The van der Waals surface area contributed by atoms with Crippen molar-refractivity contribution in [2.24, 2.45) is 0 Å². The molecule has 0 aliphatic heterocycles. The summed E-state index contributed by atoms with van der Waals surface area (Å²) in [6, 6.07) is 11.9. The van der Waals surface area contributed by atoms with E-state index in [2.05, 4.69) is 25.4 Å². The lowest BCUT2D eigenvalue weighted by molar-refractivity contribution is -0.144. The van der Waals surface area contributed by atoms with Crippen LogP contribution in [0.4, 0.5) is 4.39 Å². The first-order chi connectivity index (χ1) is 17.8. The summed E-state index contributed by atoms with van der Waals surface area (Å²) in [5.74, 6) is -0.272. The molecule has 9 nitrogen and oxygen atoms in total. The maximum atomic E-state index is 13.6. The Kier molecular flexibility index (Phi) is 8.08. The molecule has 4 aromatic rings. The number of aryl methyl sites for hydroxylation is 2. The lowest BCUT2D eigenvalue weighted by Crippen LogP contribution is -2.33. The van der Waals surface area contributed by atoms with Crippen molar-refractivity contribution in [1.29, 1.82) is 0 Å². The number of esters is 1. The maximum Gasteiger partial charge on any atom is 0.327 e. The average molecular weight is 507 g/mol. The van der Waals surface area contributed by atoms with Gasteiger partial charge >= 0.3 is 5.97 Å². The second-order valence-electron chi connectivity index (χ2n) is 9.12. The third-order valence-corrected chi connectivity index (χ3v) is 6.31. The third-order valence-electron chi connectivity index (χ3n) is 6.31. The molecule has 0 fully saturated rings. The van der Waals surface area contributed by atoms with Crippen LogP contribution >= 0.6 is 0 Å². The predicted octanol–water partition coefficient (Wildman–Crippen LogP) is 3.99. The highest BCUT2D eigenvalue weighted by Crippen LogP contribution is 2.27. The van der Waals surface area contributed by atoms with Gasteiger partial charge < -0.3 is 9.72 Å². The van der Waals surface area contributed by atoms with E-state index in [9.17, 15) is 14.0 Å². The molecule has 1 atom stereocenters. The largest absolute Gasteiger partial charge is 0.465 e. The van der Waals surface area contributed by atoms with Crippen molar-refractivity contribution >= 4 is 16.9 Å². The van der Waals surface area contributed by atoms with Gasteiger partial charge in [-0.05, 0) is 78.4 Å². The number of carbonyl (C=O) groups excluding carboxylic acids is 1. The van der Waals surface area contributed by atoms with Crippen LogP contribution in [0.1, 0.15) is 54.4 Å². The van der Waals surface area contributed by atoms with Crippen LogP contribution in [0.25, 0.3) is 10.9 Å². The van der Waals surface area contributed by atoms with Crippen molar-refractivity contribution in [3.8, 4) is 0 Å². The highest BCUT2D eigenvalue weighted by molar-refractivity contribution is 5.82. The summed E-state index contributed by atoms with van der Waals surface area (Å²) in [5.41, 5.74) is 4.21. The Bertz CT molecular complexity index is 1450. The number of pyridine rings is 1. The van der Waals surface area contributed by atoms with E-state index in [0.717, 1.165) is 27.6 Å². The zero-order chi connectivity index (χ0) is 26.5. The van der Waals surface area contributed by atoms with Gasteiger partial charge in [-0.3, -0.25) is 14.5 Å². The van der Waals surface area contributed by atoms with E-state index in [4.69, 9.17) is 4.74 Å². The lowest BCUT2D eigenvalue weighted by atomic mass is 10.0. The van der Waals surface area contributed by atoms with Gasteiger partial charge in [-0.1, -0.05) is 30.7 Å². The van der Waals surface area contributed by atoms with Crippen LogP contribution in [-0.4, -0.2) is 42.7 Å². The molecular formula is C27H31FN6O3. The summed E-state index contributed by atoms with van der Waals surface area (Å²) in [4.78, 5) is 30.4. The number of H-pyrrole nitrogens is 1. The van der Waals surface area contributed by atoms with Crippen LogP contribution in [0.2, 0.25) is 0 Å². The second-order valence-corrected chi connectivity index (χ2v) is 9.12. The normalized spacial score (nSPS) is 12.3. The van der Waals surface area contributed by atoms with Crippen molar-refractivity contribution in [2.75, 3.05) is 6.61 Å². The molecule has 2 heterocycles. The van der Waals surface area contributed by atoms with Crippen molar-refractivity contribution in [2.45, 2.75) is 59.8 Å². The predicted molar refractivity (Wildman–Crippen MR) is 137 cm³/mol. The fourth-order valence-corrected chi connectivity index (χ4v) is 4.66. The van der Waals surface area contributed by atoms with E-state index in [-0.39, 0.29) is 30.6 Å². The minimum absolute atomic E-state index is 0.119. The minimum atomic E-state index is -0.437. The monoisotopic (exact) mass is 506 g/mol.